The van der Waals surface area contributed by atoms with Crippen LogP contribution >= 0.6 is 0 Å². The van der Waals surface area contributed by atoms with E-state index in [4.69, 9.17) is 0 Å². The third kappa shape index (κ3) is 2.25. The van der Waals surface area contributed by atoms with Crippen molar-refractivity contribution in [3.8, 4) is 0 Å². The number of pyridine rings is 1. The molecule has 2 aromatic heterocycles. The Labute approximate surface area is 112 Å². The van der Waals surface area contributed by atoms with Gasteiger partial charge in [0.15, 0.2) is 0 Å². The van der Waals surface area contributed by atoms with Crippen LogP contribution in [-0.2, 0) is 0 Å². The average Bonchev–Trinajstić information content (AvgIpc) is 2.89. The summed E-state index contributed by atoms with van der Waals surface area (Å²) >= 11 is 0. The summed E-state index contributed by atoms with van der Waals surface area (Å²) in [5.74, 6) is 0.337. The maximum atomic E-state index is 4.10. The predicted octanol–water partition coefficient (Wildman–Crippen LogP) is 2.91. The Kier molecular flexibility index (Phi) is 3.29. The number of hydrogen-bond donors (Lipinski definition) is 2. The van der Waals surface area contributed by atoms with Crippen molar-refractivity contribution in [2.24, 2.45) is 0 Å². The Morgan fingerprint density at radius 1 is 1.16 bits per heavy atom. The first-order valence-corrected chi connectivity index (χ1v) is 6.50. The van der Waals surface area contributed by atoms with E-state index in [-0.39, 0.29) is 0 Å². The topological polar surface area (TPSA) is 40.7 Å². The second-order valence-corrected chi connectivity index (χ2v) is 4.68. The number of fused-ring (bicyclic) bond motifs is 1. The van der Waals surface area contributed by atoms with Crippen LogP contribution in [-0.4, -0.2) is 23.6 Å². The SMILES string of the molecule is CNCC(c1ccncc1)c1c[nH]c2ccccc12. The van der Waals surface area contributed by atoms with Crippen LogP contribution in [0.4, 0.5) is 0 Å². The second-order valence-electron chi connectivity index (χ2n) is 4.68. The molecule has 2 N–H and O–H groups in total. The van der Waals surface area contributed by atoms with Crippen molar-refractivity contribution in [3.05, 3.63) is 66.1 Å². The number of likely N-dealkylation sites (N-methyl/N-ethyl adjacent to an activating group) is 1. The molecule has 3 heteroatoms. The minimum atomic E-state index is 0.337. The Balaban J connectivity index is 2.10. The normalized spacial score (nSPS) is 12.7. The van der Waals surface area contributed by atoms with E-state index >= 15 is 0 Å². The lowest BCUT2D eigenvalue weighted by atomic mass is 9.91. The highest BCUT2D eigenvalue weighted by molar-refractivity contribution is 5.84. The van der Waals surface area contributed by atoms with Crippen molar-refractivity contribution in [2.75, 3.05) is 13.6 Å². The first-order valence-electron chi connectivity index (χ1n) is 6.50. The Hall–Kier alpha value is -2.13. The Morgan fingerprint density at radius 3 is 2.74 bits per heavy atom. The van der Waals surface area contributed by atoms with Gasteiger partial charge in [0, 0.05) is 42.0 Å². The molecule has 3 nitrogen and oxygen atoms in total. The fourth-order valence-corrected chi connectivity index (χ4v) is 2.59. The number of aromatic nitrogens is 2. The molecule has 1 unspecified atom stereocenters. The molecule has 0 saturated carbocycles. The molecule has 2 heterocycles. The molecular weight excluding hydrogens is 234 g/mol. The van der Waals surface area contributed by atoms with Crippen molar-refractivity contribution in [1.29, 1.82) is 0 Å². The van der Waals surface area contributed by atoms with Gasteiger partial charge in [0.2, 0.25) is 0 Å². The van der Waals surface area contributed by atoms with Gasteiger partial charge in [-0.2, -0.15) is 0 Å². The number of hydrogen-bond acceptors (Lipinski definition) is 2. The lowest BCUT2D eigenvalue weighted by molar-refractivity contribution is 0.711. The molecule has 3 aromatic rings. The minimum Gasteiger partial charge on any atom is -0.361 e. The summed E-state index contributed by atoms with van der Waals surface area (Å²) in [6.45, 7) is 0.909. The Morgan fingerprint density at radius 2 is 1.95 bits per heavy atom. The monoisotopic (exact) mass is 251 g/mol. The smallest absolute Gasteiger partial charge is 0.0457 e. The highest BCUT2D eigenvalue weighted by atomic mass is 14.8. The highest BCUT2D eigenvalue weighted by Crippen LogP contribution is 2.29. The molecule has 0 bridgehead atoms. The summed E-state index contributed by atoms with van der Waals surface area (Å²) in [4.78, 5) is 7.46. The summed E-state index contributed by atoms with van der Waals surface area (Å²) in [5, 5.41) is 4.58. The number of aromatic amines is 1. The van der Waals surface area contributed by atoms with E-state index in [1.54, 1.807) is 0 Å². The number of rotatable bonds is 4. The van der Waals surface area contributed by atoms with E-state index in [9.17, 15) is 0 Å². The van der Waals surface area contributed by atoms with Gasteiger partial charge in [-0.25, -0.2) is 0 Å². The third-order valence-electron chi connectivity index (χ3n) is 3.51. The van der Waals surface area contributed by atoms with Gasteiger partial charge in [-0.15, -0.1) is 0 Å². The van der Waals surface area contributed by atoms with Crippen molar-refractivity contribution in [1.82, 2.24) is 15.3 Å². The standard InChI is InChI=1S/C16H17N3/c1-17-10-14(12-6-8-18-9-7-12)15-11-19-16-5-3-2-4-13(15)16/h2-9,11,14,17,19H,10H2,1H3. The van der Waals surface area contributed by atoms with Crippen molar-refractivity contribution < 1.29 is 0 Å². The number of nitrogens with one attached hydrogen (secondary N) is 2. The van der Waals surface area contributed by atoms with Gasteiger partial charge in [0.05, 0.1) is 0 Å². The van der Waals surface area contributed by atoms with E-state index in [1.807, 2.05) is 19.4 Å². The van der Waals surface area contributed by atoms with E-state index in [1.165, 1.54) is 22.0 Å². The first kappa shape index (κ1) is 11.9. The molecule has 19 heavy (non-hydrogen) atoms. The lowest BCUT2D eigenvalue weighted by Crippen LogP contribution is -2.18. The quantitative estimate of drug-likeness (QED) is 0.748. The maximum absolute atomic E-state index is 4.10. The molecule has 1 atom stereocenters. The van der Waals surface area contributed by atoms with Gasteiger partial charge in [-0.1, -0.05) is 18.2 Å². The van der Waals surface area contributed by atoms with Crippen molar-refractivity contribution in [2.45, 2.75) is 5.92 Å². The molecule has 96 valence electrons. The number of nitrogens with zero attached hydrogens (tertiary/aromatic N) is 1. The van der Waals surface area contributed by atoms with Crippen LogP contribution in [0.15, 0.2) is 55.0 Å². The molecule has 0 aliphatic heterocycles. The molecule has 3 rings (SSSR count). The van der Waals surface area contributed by atoms with Gasteiger partial charge in [0.1, 0.15) is 0 Å². The van der Waals surface area contributed by atoms with Crippen LogP contribution in [0.5, 0.6) is 0 Å². The van der Waals surface area contributed by atoms with E-state index in [0.29, 0.717) is 5.92 Å². The highest BCUT2D eigenvalue weighted by Gasteiger charge is 2.16. The largest absolute Gasteiger partial charge is 0.361 e. The van der Waals surface area contributed by atoms with Crippen molar-refractivity contribution in [3.63, 3.8) is 0 Å². The summed E-state index contributed by atoms with van der Waals surface area (Å²) in [7, 11) is 1.99. The molecular formula is C16H17N3. The van der Waals surface area contributed by atoms with Gasteiger partial charge < -0.3 is 10.3 Å². The van der Waals surface area contributed by atoms with Gasteiger partial charge >= 0.3 is 0 Å². The zero-order valence-corrected chi connectivity index (χ0v) is 10.9. The molecule has 0 radical (unpaired) electrons. The molecule has 0 amide bonds. The summed E-state index contributed by atoms with van der Waals surface area (Å²) in [5.41, 5.74) is 3.80. The van der Waals surface area contributed by atoms with Crippen LogP contribution in [0.2, 0.25) is 0 Å². The number of benzene rings is 1. The average molecular weight is 251 g/mol. The van der Waals surface area contributed by atoms with Crippen LogP contribution in [0.1, 0.15) is 17.0 Å². The van der Waals surface area contributed by atoms with Crippen molar-refractivity contribution >= 4 is 10.9 Å². The van der Waals surface area contributed by atoms with Crippen LogP contribution < -0.4 is 5.32 Å². The molecule has 0 fully saturated rings. The molecule has 0 aliphatic rings. The zero-order valence-electron chi connectivity index (χ0n) is 10.9. The summed E-state index contributed by atoms with van der Waals surface area (Å²) in [6.07, 6.45) is 5.83. The first-order chi connectivity index (χ1) is 9.40. The molecule has 1 aromatic carbocycles. The fraction of sp³-hybridized carbons (Fsp3) is 0.188. The zero-order chi connectivity index (χ0) is 13.1. The molecule has 0 aliphatic carbocycles. The molecule has 0 spiro atoms. The lowest BCUT2D eigenvalue weighted by Gasteiger charge is -2.16. The van der Waals surface area contributed by atoms with E-state index < -0.39 is 0 Å². The van der Waals surface area contributed by atoms with Crippen LogP contribution in [0.3, 0.4) is 0 Å². The fourth-order valence-electron chi connectivity index (χ4n) is 2.59. The van der Waals surface area contributed by atoms with Gasteiger partial charge in [0.25, 0.3) is 0 Å². The van der Waals surface area contributed by atoms with Gasteiger partial charge in [-0.05, 0) is 36.4 Å². The second kappa shape index (κ2) is 5.24. The maximum Gasteiger partial charge on any atom is 0.0457 e. The Bertz CT molecular complexity index is 658. The number of para-hydroxylation sites is 1. The third-order valence-corrected chi connectivity index (χ3v) is 3.51. The summed E-state index contributed by atoms with van der Waals surface area (Å²) in [6, 6.07) is 12.6. The van der Waals surface area contributed by atoms with E-state index in [2.05, 4.69) is 57.9 Å². The van der Waals surface area contributed by atoms with Crippen LogP contribution in [0, 0.1) is 0 Å². The van der Waals surface area contributed by atoms with E-state index in [0.717, 1.165) is 6.54 Å². The minimum absolute atomic E-state index is 0.337. The van der Waals surface area contributed by atoms with Gasteiger partial charge in [-0.3, -0.25) is 4.98 Å². The number of H-pyrrole nitrogens is 1. The molecule has 0 saturated heterocycles. The predicted molar refractivity (Wildman–Crippen MR) is 78.3 cm³/mol. The summed E-state index contributed by atoms with van der Waals surface area (Å²) < 4.78 is 0. The van der Waals surface area contributed by atoms with Crippen LogP contribution in [0.25, 0.3) is 10.9 Å².